The van der Waals surface area contributed by atoms with Gasteiger partial charge in [0.25, 0.3) is 0 Å². The lowest BCUT2D eigenvalue weighted by Crippen LogP contribution is -2.38. The van der Waals surface area contributed by atoms with E-state index in [2.05, 4.69) is 39.7 Å². The standard InChI is InChI=1S/C14H20BrNS/c1-16-14(7-12-6-11(15)8-17-12)13-5-9-2-3-10(13)4-9/h6,8-10,13-14,16H,2-5,7H2,1H3. The molecule has 2 aliphatic rings. The molecule has 1 nitrogen and oxygen atoms in total. The third-order valence-electron chi connectivity index (χ3n) is 4.72. The number of fused-ring (bicyclic) bond motifs is 2. The largest absolute Gasteiger partial charge is 0.316 e. The molecule has 1 N–H and O–H groups in total. The summed E-state index contributed by atoms with van der Waals surface area (Å²) in [6.45, 7) is 0. The summed E-state index contributed by atoms with van der Waals surface area (Å²) >= 11 is 5.44. The van der Waals surface area contributed by atoms with Crippen LogP contribution in [0.1, 0.15) is 30.6 Å². The number of hydrogen-bond acceptors (Lipinski definition) is 2. The van der Waals surface area contributed by atoms with Crippen LogP contribution < -0.4 is 5.32 Å². The average molecular weight is 314 g/mol. The Morgan fingerprint density at radius 3 is 2.88 bits per heavy atom. The van der Waals surface area contributed by atoms with Crippen molar-refractivity contribution in [2.45, 2.75) is 38.1 Å². The summed E-state index contributed by atoms with van der Waals surface area (Å²) in [5, 5.41) is 5.78. The van der Waals surface area contributed by atoms with Crippen molar-refractivity contribution < 1.29 is 0 Å². The number of thiophene rings is 1. The molecule has 2 saturated carbocycles. The Balaban J connectivity index is 1.67. The van der Waals surface area contributed by atoms with Gasteiger partial charge in [-0.15, -0.1) is 11.3 Å². The van der Waals surface area contributed by atoms with E-state index in [0.29, 0.717) is 6.04 Å². The van der Waals surface area contributed by atoms with E-state index in [1.54, 1.807) is 0 Å². The van der Waals surface area contributed by atoms with Gasteiger partial charge in [0, 0.05) is 20.8 Å². The van der Waals surface area contributed by atoms with Crippen molar-refractivity contribution in [2.24, 2.45) is 17.8 Å². The first-order chi connectivity index (χ1) is 8.26. The molecule has 0 radical (unpaired) electrons. The van der Waals surface area contributed by atoms with Crippen molar-refractivity contribution >= 4 is 27.3 Å². The molecule has 4 atom stereocenters. The molecule has 0 aliphatic heterocycles. The summed E-state index contributed by atoms with van der Waals surface area (Å²) in [4.78, 5) is 1.51. The van der Waals surface area contributed by atoms with Crippen LogP contribution in [0.3, 0.4) is 0 Å². The molecule has 3 rings (SSSR count). The van der Waals surface area contributed by atoms with Gasteiger partial charge in [0.15, 0.2) is 0 Å². The van der Waals surface area contributed by atoms with Crippen LogP contribution in [0.25, 0.3) is 0 Å². The predicted octanol–water partition coefficient (Wildman–Crippen LogP) is 4.08. The lowest BCUT2D eigenvalue weighted by molar-refractivity contribution is 0.256. The average Bonchev–Trinajstić information content (AvgIpc) is 3.01. The molecule has 0 amide bonds. The molecule has 3 heteroatoms. The monoisotopic (exact) mass is 313 g/mol. The highest BCUT2D eigenvalue weighted by atomic mass is 79.9. The van der Waals surface area contributed by atoms with E-state index in [0.717, 1.165) is 17.8 Å². The number of likely N-dealkylation sites (N-methyl/N-ethyl adjacent to an activating group) is 1. The fourth-order valence-corrected chi connectivity index (χ4v) is 5.44. The third kappa shape index (κ3) is 2.47. The van der Waals surface area contributed by atoms with E-state index in [1.165, 1.54) is 41.5 Å². The topological polar surface area (TPSA) is 12.0 Å². The van der Waals surface area contributed by atoms with Crippen molar-refractivity contribution in [3.8, 4) is 0 Å². The Labute approximate surface area is 116 Å². The van der Waals surface area contributed by atoms with Crippen LogP contribution in [0.5, 0.6) is 0 Å². The first-order valence-corrected chi connectivity index (χ1v) is 8.33. The van der Waals surface area contributed by atoms with Gasteiger partial charge in [-0.1, -0.05) is 6.42 Å². The van der Waals surface area contributed by atoms with Gasteiger partial charge in [0.1, 0.15) is 0 Å². The highest BCUT2D eigenvalue weighted by Crippen LogP contribution is 2.50. The minimum absolute atomic E-state index is 0.691. The van der Waals surface area contributed by atoms with Gasteiger partial charge in [-0.05, 0) is 72.5 Å². The predicted molar refractivity (Wildman–Crippen MR) is 77.5 cm³/mol. The normalized spacial score (nSPS) is 33.2. The molecule has 4 unspecified atom stereocenters. The van der Waals surface area contributed by atoms with E-state index >= 15 is 0 Å². The zero-order valence-electron chi connectivity index (χ0n) is 10.3. The molecule has 0 spiro atoms. The quantitative estimate of drug-likeness (QED) is 0.883. The molecule has 1 heterocycles. The van der Waals surface area contributed by atoms with Crippen LogP contribution in [0.2, 0.25) is 0 Å². The SMILES string of the molecule is CNC(Cc1cc(Br)cs1)C1CC2CCC1C2. The Hall–Kier alpha value is 0.140. The van der Waals surface area contributed by atoms with Gasteiger partial charge < -0.3 is 5.32 Å². The molecule has 2 aliphatic carbocycles. The maximum absolute atomic E-state index is 3.58. The number of rotatable bonds is 4. The lowest BCUT2D eigenvalue weighted by atomic mass is 9.82. The van der Waals surface area contributed by atoms with Crippen molar-refractivity contribution in [1.82, 2.24) is 5.32 Å². The van der Waals surface area contributed by atoms with Crippen LogP contribution in [0, 0.1) is 17.8 Å². The van der Waals surface area contributed by atoms with E-state index in [-0.39, 0.29) is 0 Å². The van der Waals surface area contributed by atoms with E-state index in [4.69, 9.17) is 0 Å². The van der Waals surface area contributed by atoms with Crippen molar-refractivity contribution in [2.75, 3.05) is 7.05 Å². The van der Waals surface area contributed by atoms with Gasteiger partial charge in [-0.25, -0.2) is 0 Å². The molecule has 17 heavy (non-hydrogen) atoms. The van der Waals surface area contributed by atoms with Gasteiger partial charge in [0.2, 0.25) is 0 Å². The highest BCUT2D eigenvalue weighted by Gasteiger charge is 2.42. The van der Waals surface area contributed by atoms with Crippen molar-refractivity contribution in [3.05, 3.63) is 20.8 Å². The summed E-state index contributed by atoms with van der Waals surface area (Å²) in [6, 6.07) is 2.97. The third-order valence-corrected chi connectivity index (χ3v) is 6.44. The molecule has 1 aromatic rings. The number of hydrogen-bond donors (Lipinski definition) is 1. The highest BCUT2D eigenvalue weighted by molar-refractivity contribution is 9.10. The molecular formula is C14H20BrNS. The van der Waals surface area contributed by atoms with Gasteiger partial charge in [-0.3, -0.25) is 0 Å². The summed E-state index contributed by atoms with van der Waals surface area (Å²) < 4.78 is 1.24. The van der Waals surface area contributed by atoms with Crippen LogP contribution in [0.4, 0.5) is 0 Å². The Morgan fingerprint density at radius 2 is 2.35 bits per heavy atom. The first-order valence-electron chi connectivity index (χ1n) is 6.66. The summed E-state index contributed by atoms with van der Waals surface area (Å²) in [5.41, 5.74) is 0. The van der Waals surface area contributed by atoms with E-state index in [1.807, 2.05) is 11.3 Å². The van der Waals surface area contributed by atoms with Gasteiger partial charge in [0.05, 0.1) is 0 Å². The molecule has 2 fully saturated rings. The summed E-state index contributed by atoms with van der Waals surface area (Å²) in [5.74, 6) is 3.00. The number of halogens is 1. The summed E-state index contributed by atoms with van der Waals surface area (Å²) in [7, 11) is 2.14. The fourth-order valence-electron chi connectivity index (χ4n) is 3.93. The van der Waals surface area contributed by atoms with Crippen LogP contribution >= 0.6 is 27.3 Å². The van der Waals surface area contributed by atoms with Gasteiger partial charge in [-0.2, -0.15) is 0 Å². The second kappa shape index (κ2) is 5.02. The number of nitrogens with one attached hydrogen (secondary N) is 1. The molecule has 94 valence electrons. The fraction of sp³-hybridized carbons (Fsp3) is 0.714. The second-order valence-electron chi connectivity index (χ2n) is 5.67. The molecule has 1 aromatic heterocycles. The summed E-state index contributed by atoms with van der Waals surface area (Å²) in [6.07, 6.45) is 7.18. The van der Waals surface area contributed by atoms with Crippen molar-refractivity contribution in [3.63, 3.8) is 0 Å². The van der Waals surface area contributed by atoms with Crippen LogP contribution in [0.15, 0.2) is 15.9 Å². The second-order valence-corrected chi connectivity index (χ2v) is 7.58. The molecule has 0 saturated heterocycles. The molecule has 2 bridgehead atoms. The smallest absolute Gasteiger partial charge is 0.0285 e. The van der Waals surface area contributed by atoms with Crippen LogP contribution in [-0.4, -0.2) is 13.1 Å². The first kappa shape index (κ1) is 12.2. The lowest BCUT2D eigenvalue weighted by Gasteiger charge is -2.30. The zero-order valence-corrected chi connectivity index (χ0v) is 12.7. The van der Waals surface area contributed by atoms with Gasteiger partial charge >= 0.3 is 0 Å². The van der Waals surface area contributed by atoms with Crippen molar-refractivity contribution in [1.29, 1.82) is 0 Å². The van der Waals surface area contributed by atoms with Crippen LogP contribution in [-0.2, 0) is 6.42 Å². The Morgan fingerprint density at radius 1 is 1.47 bits per heavy atom. The molecule has 0 aromatic carbocycles. The molecular weight excluding hydrogens is 294 g/mol. The van der Waals surface area contributed by atoms with E-state index < -0.39 is 0 Å². The van der Waals surface area contributed by atoms with E-state index in [9.17, 15) is 0 Å². The maximum atomic E-state index is 3.58. The Kier molecular flexibility index (Phi) is 3.60. The maximum Gasteiger partial charge on any atom is 0.0285 e. The zero-order chi connectivity index (χ0) is 11.8. The Bertz CT molecular complexity index is 389. The minimum Gasteiger partial charge on any atom is -0.316 e. The minimum atomic E-state index is 0.691.